The van der Waals surface area contributed by atoms with Gasteiger partial charge in [-0.15, -0.1) is 0 Å². The molecule has 1 saturated heterocycles. The Bertz CT molecular complexity index is 568. The van der Waals surface area contributed by atoms with Crippen LogP contribution in [0.15, 0.2) is 48.8 Å². The first kappa shape index (κ1) is 13.7. The molecular formula is C16H19N3O2. The van der Waals surface area contributed by atoms with Crippen molar-refractivity contribution in [1.82, 2.24) is 14.7 Å². The van der Waals surface area contributed by atoms with Gasteiger partial charge in [-0.3, -0.25) is 4.68 Å². The molecule has 1 aliphatic rings. The molecule has 21 heavy (non-hydrogen) atoms. The van der Waals surface area contributed by atoms with E-state index in [2.05, 4.69) is 5.10 Å². The average molecular weight is 285 g/mol. The summed E-state index contributed by atoms with van der Waals surface area (Å²) in [4.78, 5) is 13.9. The number of hydrogen-bond donors (Lipinski definition) is 0. The van der Waals surface area contributed by atoms with Crippen LogP contribution in [0, 0.1) is 0 Å². The predicted octanol–water partition coefficient (Wildman–Crippen LogP) is 2.86. The Morgan fingerprint density at radius 3 is 2.90 bits per heavy atom. The smallest absolute Gasteiger partial charge is 0.410 e. The average Bonchev–Trinajstić information content (AvgIpc) is 3.08. The molecular weight excluding hydrogens is 266 g/mol. The van der Waals surface area contributed by atoms with Gasteiger partial charge in [0.15, 0.2) is 0 Å². The largest absolute Gasteiger partial charge is 0.445 e. The summed E-state index contributed by atoms with van der Waals surface area (Å²) >= 11 is 0. The molecule has 0 radical (unpaired) electrons. The van der Waals surface area contributed by atoms with Crippen LogP contribution in [-0.4, -0.2) is 33.9 Å². The van der Waals surface area contributed by atoms with E-state index in [1.165, 1.54) is 0 Å². The maximum Gasteiger partial charge on any atom is 0.410 e. The Balaban J connectivity index is 1.55. The number of carbonyl (C=O) groups excluding carboxylic acids is 1. The second-order valence-electron chi connectivity index (χ2n) is 5.27. The van der Waals surface area contributed by atoms with Gasteiger partial charge in [-0.2, -0.15) is 5.10 Å². The summed E-state index contributed by atoms with van der Waals surface area (Å²) in [6.07, 6.45) is 5.50. The van der Waals surface area contributed by atoms with Crippen LogP contribution in [0.3, 0.4) is 0 Å². The molecule has 1 fully saturated rings. The number of amides is 1. The van der Waals surface area contributed by atoms with Gasteiger partial charge >= 0.3 is 6.09 Å². The molecule has 1 aliphatic heterocycles. The molecule has 1 aromatic carbocycles. The van der Waals surface area contributed by atoms with Crippen LogP contribution in [0.25, 0.3) is 0 Å². The molecule has 5 heteroatoms. The number of nitrogens with zero attached hydrogens (tertiary/aromatic N) is 3. The first-order chi connectivity index (χ1) is 10.3. The highest BCUT2D eigenvalue weighted by Crippen LogP contribution is 2.21. The quantitative estimate of drug-likeness (QED) is 0.871. The van der Waals surface area contributed by atoms with Gasteiger partial charge < -0.3 is 9.64 Å². The molecule has 1 unspecified atom stereocenters. The first-order valence-electron chi connectivity index (χ1n) is 7.27. The number of likely N-dealkylation sites (tertiary alicyclic amines) is 1. The molecule has 2 heterocycles. The standard InChI is InChI=1S/C16H19N3O2/c20-16(21-13-14-6-2-1-3-7-14)18-10-4-8-15(12-18)19-11-5-9-17-19/h1-3,5-7,9,11,15H,4,8,10,12-13H2. The highest BCUT2D eigenvalue weighted by molar-refractivity contribution is 5.67. The highest BCUT2D eigenvalue weighted by atomic mass is 16.6. The topological polar surface area (TPSA) is 47.4 Å². The summed E-state index contributed by atoms with van der Waals surface area (Å²) in [7, 11) is 0. The minimum absolute atomic E-state index is 0.240. The zero-order chi connectivity index (χ0) is 14.5. The maximum atomic E-state index is 12.2. The van der Waals surface area contributed by atoms with Crippen LogP contribution < -0.4 is 0 Å². The zero-order valence-corrected chi connectivity index (χ0v) is 11.9. The fourth-order valence-corrected chi connectivity index (χ4v) is 2.64. The van der Waals surface area contributed by atoms with Gasteiger partial charge in [0, 0.05) is 25.5 Å². The summed E-state index contributed by atoms with van der Waals surface area (Å²) in [6, 6.07) is 11.9. The van der Waals surface area contributed by atoms with E-state index in [1.807, 2.05) is 47.3 Å². The number of piperidine rings is 1. The number of rotatable bonds is 3. The van der Waals surface area contributed by atoms with Crippen LogP contribution in [0.4, 0.5) is 4.79 Å². The van der Waals surface area contributed by atoms with Crippen molar-refractivity contribution in [3.8, 4) is 0 Å². The van der Waals surface area contributed by atoms with Gasteiger partial charge in [0.2, 0.25) is 0 Å². The van der Waals surface area contributed by atoms with Crippen molar-refractivity contribution in [2.75, 3.05) is 13.1 Å². The first-order valence-corrected chi connectivity index (χ1v) is 7.27. The maximum absolute atomic E-state index is 12.2. The van der Waals surface area contributed by atoms with Gasteiger partial charge in [0.05, 0.1) is 6.04 Å². The Kier molecular flexibility index (Phi) is 4.19. The third-order valence-corrected chi connectivity index (χ3v) is 3.76. The lowest BCUT2D eigenvalue weighted by Crippen LogP contribution is -2.41. The summed E-state index contributed by atoms with van der Waals surface area (Å²) in [6.45, 7) is 1.74. The normalized spacial score (nSPS) is 18.5. The third-order valence-electron chi connectivity index (χ3n) is 3.76. The number of ether oxygens (including phenoxy) is 1. The number of hydrogen-bond acceptors (Lipinski definition) is 3. The molecule has 0 saturated carbocycles. The fraction of sp³-hybridized carbons (Fsp3) is 0.375. The van der Waals surface area contributed by atoms with E-state index in [0.29, 0.717) is 13.2 Å². The SMILES string of the molecule is O=C(OCc1ccccc1)N1CCCC(n2cccn2)C1. The summed E-state index contributed by atoms with van der Waals surface area (Å²) in [5, 5.41) is 4.27. The van der Waals surface area contributed by atoms with Crippen LogP contribution in [0.2, 0.25) is 0 Å². The lowest BCUT2D eigenvalue weighted by atomic mass is 10.1. The molecule has 1 amide bonds. The Hall–Kier alpha value is -2.30. The van der Waals surface area contributed by atoms with Crippen molar-refractivity contribution in [3.05, 3.63) is 54.4 Å². The lowest BCUT2D eigenvalue weighted by Gasteiger charge is -2.32. The van der Waals surface area contributed by atoms with Crippen LogP contribution >= 0.6 is 0 Å². The van der Waals surface area contributed by atoms with Gasteiger partial charge in [-0.25, -0.2) is 4.79 Å². The molecule has 0 spiro atoms. The van der Waals surface area contributed by atoms with Crippen LogP contribution in [-0.2, 0) is 11.3 Å². The fourth-order valence-electron chi connectivity index (χ4n) is 2.64. The minimum atomic E-state index is -0.240. The van der Waals surface area contributed by atoms with Crippen molar-refractivity contribution in [1.29, 1.82) is 0 Å². The second kappa shape index (κ2) is 6.43. The van der Waals surface area contributed by atoms with Crippen LogP contribution in [0.5, 0.6) is 0 Å². The highest BCUT2D eigenvalue weighted by Gasteiger charge is 2.25. The Labute approximate surface area is 124 Å². The van der Waals surface area contributed by atoms with Crippen molar-refractivity contribution in [3.63, 3.8) is 0 Å². The van der Waals surface area contributed by atoms with E-state index in [0.717, 1.165) is 24.9 Å². The molecule has 3 rings (SSSR count). The van der Waals surface area contributed by atoms with Crippen molar-refractivity contribution < 1.29 is 9.53 Å². The van der Waals surface area contributed by atoms with Gasteiger partial charge in [-0.1, -0.05) is 30.3 Å². The van der Waals surface area contributed by atoms with Gasteiger partial charge in [0.25, 0.3) is 0 Å². The molecule has 2 aromatic rings. The van der Waals surface area contributed by atoms with E-state index in [1.54, 1.807) is 11.1 Å². The lowest BCUT2D eigenvalue weighted by molar-refractivity contribution is 0.0789. The van der Waals surface area contributed by atoms with E-state index in [4.69, 9.17) is 4.74 Å². The van der Waals surface area contributed by atoms with E-state index >= 15 is 0 Å². The number of carbonyl (C=O) groups is 1. The predicted molar refractivity (Wildman–Crippen MR) is 78.7 cm³/mol. The summed E-state index contributed by atoms with van der Waals surface area (Å²) in [5.41, 5.74) is 1.01. The second-order valence-corrected chi connectivity index (χ2v) is 5.27. The van der Waals surface area contributed by atoms with Gasteiger partial charge in [0.1, 0.15) is 6.61 Å². The molecule has 1 aromatic heterocycles. The third kappa shape index (κ3) is 3.42. The number of aromatic nitrogens is 2. The van der Waals surface area contributed by atoms with Crippen molar-refractivity contribution in [2.45, 2.75) is 25.5 Å². The van der Waals surface area contributed by atoms with E-state index in [-0.39, 0.29) is 12.1 Å². The molecule has 0 bridgehead atoms. The van der Waals surface area contributed by atoms with E-state index in [9.17, 15) is 4.79 Å². The molecule has 1 atom stereocenters. The molecule has 5 nitrogen and oxygen atoms in total. The van der Waals surface area contributed by atoms with Crippen molar-refractivity contribution in [2.24, 2.45) is 0 Å². The van der Waals surface area contributed by atoms with Crippen molar-refractivity contribution >= 4 is 6.09 Å². The Morgan fingerprint density at radius 1 is 1.29 bits per heavy atom. The van der Waals surface area contributed by atoms with Crippen LogP contribution in [0.1, 0.15) is 24.4 Å². The Morgan fingerprint density at radius 2 is 2.14 bits per heavy atom. The molecule has 110 valence electrons. The molecule has 0 aliphatic carbocycles. The molecule has 0 N–H and O–H groups in total. The zero-order valence-electron chi connectivity index (χ0n) is 11.9. The summed E-state index contributed by atoms with van der Waals surface area (Å²) in [5.74, 6) is 0. The van der Waals surface area contributed by atoms with Gasteiger partial charge in [-0.05, 0) is 24.5 Å². The van der Waals surface area contributed by atoms with E-state index < -0.39 is 0 Å². The monoisotopic (exact) mass is 285 g/mol. The summed E-state index contributed by atoms with van der Waals surface area (Å²) < 4.78 is 7.32. The number of benzene rings is 1. The minimum Gasteiger partial charge on any atom is -0.445 e.